The lowest BCUT2D eigenvalue weighted by molar-refractivity contribution is -0.159. The van der Waals surface area contributed by atoms with Crippen molar-refractivity contribution in [2.75, 3.05) is 120 Å². The van der Waals surface area contributed by atoms with Crippen molar-refractivity contribution in [3.05, 3.63) is 193 Å². The number of carbonyl (C=O) groups is 16. The van der Waals surface area contributed by atoms with E-state index in [2.05, 4.69) is 65.1 Å². The number of benzene rings is 4. The fourth-order valence-electron chi connectivity index (χ4n) is 13.6. The molecule has 4 aliphatic heterocycles. The molecular weight excluding hydrogens is 1640 g/mol. The SMILES string of the molecule is CN(CCCCCCCCN(C)CCCCCCN(CC(=O)N1c2ccccc2NC(=O)c2cccnc21)CC(=O)N1c2ccccc2NC(=O)c2cccnc21)CCCCCCN(CC(=O)N1c2ccccc2NC(=O)c2cccnc21)CC(=O)N1c2ccccc2NC(=O)c2cccnc21.O=C(O)C(=O)O.O=C(O)C(=O)O.O=C(O)C(=O)O.O=C(O)C(=O)O. The summed E-state index contributed by atoms with van der Waals surface area (Å²) in [6.45, 7) is 4.19. The van der Waals surface area contributed by atoms with Gasteiger partial charge in [-0.3, -0.25) is 67.8 Å². The van der Waals surface area contributed by atoms with Crippen molar-refractivity contribution in [1.82, 2.24) is 39.5 Å². The van der Waals surface area contributed by atoms with Crippen molar-refractivity contribution < 1.29 is 118 Å². The van der Waals surface area contributed by atoms with E-state index in [1.807, 2.05) is 9.80 Å². The lowest BCUT2D eigenvalue weighted by atomic mass is 10.1. The molecule has 8 aromatic rings. The normalized spacial score (nSPS) is 12.4. The van der Waals surface area contributed by atoms with Gasteiger partial charge in [0.1, 0.15) is 0 Å². The molecule has 8 amide bonds. The van der Waals surface area contributed by atoms with E-state index in [1.54, 1.807) is 170 Å². The third kappa shape index (κ3) is 27.7. The third-order valence-corrected chi connectivity index (χ3v) is 19.6. The van der Waals surface area contributed by atoms with Crippen molar-refractivity contribution in [3.63, 3.8) is 0 Å². The summed E-state index contributed by atoms with van der Waals surface area (Å²) < 4.78 is 0. The molecule has 0 atom stereocenters. The maximum absolute atomic E-state index is 14.8. The Morgan fingerprint density at radius 2 is 0.444 bits per heavy atom. The van der Waals surface area contributed by atoms with Gasteiger partial charge in [-0.1, -0.05) is 99.9 Å². The number of hydrogen-bond acceptors (Lipinski definition) is 24. The number of rotatable bonds is 31. The summed E-state index contributed by atoms with van der Waals surface area (Å²) in [5.74, 6) is -16.8. The molecular formula is C86H94N16O24. The van der Waals surface area contributed by atoms with Crippen LogP contribution in [-0.4, -0.2) is 255 Å². The van der Waals surface area contributed by atoms with Crippen molar-refractivity contribution in [3.8, 4) is 0 Å². The summed E-state index contributed by atoms with van der Waals surface area (Å²) in [6, 6.07) is 41.6. The molecule has 0 radical (unpaired) electrons. The van der Waals surface area contributed by atoms with E-state index in [0.717, 1.165) is 90.4 Å². The smallest absolute Gasteiger partial charge is 0.414 e. The maximum Gasteiger partial charge on any atom is 0.414 e. The molecule has 4 aromatic heterocycles. The lowest BCUT2D eigenvalue weighted by Gasteiger charge is -2.29. The molecule has 4 aliphatic rings. The Morgan fingerprint density at radius 3 is 0.643 bits per heavy atom. The molecule has 4 aromatic carbocycles. The largest absolute Gasteiger partial charge is 0.473 e. The van der Waals surface area contributed by atoms with Gasteiger partial charge in [0.25, 0.3) is 23.6 Å². The van der Waals surface area contributed by atoms with Crippen LogP contribution in [0.25, 0.3) is 0 Å². The highest BCUT2D eigenvalue weighted by atomic mass is 16.5. The number of nitrogens with zero attached hydrogens (tertiary/aromatic N) is 12. The first-order chi connectivity index (χ1) is 60.4. The number of unbranched alkanes of at least 4 members (excludes halogenated alkanes) is 11. The Hall–Kier alpha value is -15.2. The van der Waals surface area contributed by atoms with Gasteiger partial charge in [0.05, 0.1) is 93.9 Å². The van der Waals surface area contributed by atoms with Crippen LogP contribution in [0.2, 0.25) is 0 Å². The number of carbonyl (C=O) groups excluding carboxylic acids is 8. The Balaban J connectivity index is 0.000000720. The van der Waals surface area contributed by atoms with E-state index >= 15 is 0 Å². The number of anilines is 12. The molecule has 0 spiro atoms. The molecule has 8 heterocycles. The summed E-state index contributed by atoms with van der Waals surface area (Å²) in [5.41, 5.74) is 4.74. The molecule has 40 nitrogen and oxygen atoms in total. The number of carboxylic acids is 8. The number of aliphatic carboxylic acids is 8. The molecule has 662 valence electrons. The maximum atomic E-state index is 14.8. The van der Waals surface area contributed by atoms with Gasteiger partial charge in [0.15, 0.2) is 23.3 Å². The summed E-state index contributed by atoms with van der Waals surface area (Å²) in [4.78, 5) is 218. The van der Waals surface area contributed by atoms with Gasteiger partial charge < -0.3 is 71.9 Å². The molecule has 12 rings (SSSR count). The van der Waals surface area contributed by atoms with E-state index in [4.69, 9.17) is 79.2 Å². The first-order valence-corrected chi connectivity index (χ1v) is 39.8. The second-order valence-corrected chi connectivity index (χ2v) is 28.7. The zero-order valence-corrected chi connectivity index (χ0v) is 68.6. The second-order valence-electron chi connectivity index (χ2n) is 28.7. The van der Waals surface area contributed by atoms with E-state index < -0.39 is 47.8 Å². The number of aromatic nitrogens is 4. The Morgan fingerprint density at radius 1 is 0.262 bits per heavy atom. The lowest BCUT2D eigenvalue weighted by Crippen LogP contribution is -2.44. The fourth-order valence-corrected chi connectivity index (χ4v) is 13.6. The van der Waals surface area contributed by atoms with Crippen LogP contribution < -0.4 is 40.9 Å². The van der Waals surface area contributed by atoms with Crippen LogP contribution in [0.15, 0.2) is 170 Å². The molecule has 0 unspecified atom stereocenters. The van der Waals surface area contributed by atoms with Crippen molar-refractivity contribution in [1.29, 1.82) is 0 Å². The van der Waals surface area contributed by atoms with Crippen LogP contribution in [-0.2, 0) is 57.5 Å². The highest BCUT2D eigenvalue weighted by Gasteiger charge is 2.38. The summed E-state index contributed by atoms with van der Waals surface area (Å²) in [5, 5.41) is 70.8. The summed E-state index contributed by atoms with van der Waals surface area (Å²) in [7, 11) is 4.36. The van der Waals surface area contributed by atoms with Gasteiger partial charge in [-0.2, -0.15) is 0 Å². The van der Waals surface area contributed by atoms with Crippen LogP contribution in [0.4, 0.5) is 68.8 Å². The van der Waals surface area contributed by atoms with Gasteiger partial charge in [0.2, 0.25) is 23.6 Å². The Labute approximate surface area is 720 Å². The quantitative estimate of drug-likeness (QED) is 0.0142. The van der Waals surface area contributed by atoms with E-state index in [1.165, 1.54) is 45.3 Å². The minimum Gasteiger partial charge on any atom is -0.473 e. The zero-order chi connectivity index (χ0) is 91.5. The predicted octanol–water partition coefficient (Wildman–Crippen LogP) is 8.84. The molecule has 0 saturated heterocycles. The van der Waals surface area contributed by atoms with Crippen LogP contribution in [0, 0.1) is 0 Å². The Kier molecular flexibility index (Phi) is 36.6. The summed E-state index contributed by atoms with van der Waals surface area (Å²) in [6.07, 6.45) is 20.4. The first-order valence-electron chi connectivity index (χ1n) is 39.8. The topological polar surface area (TPSA) is 561 Å². The van der Waals surface area contributed by atoms with Gasteiger partial charge >= 0.3 is 47.8 Å². The van der Waals surface area contributed by atoms with Crippen LogP contribution in [0.3, 0.4) is 0 Å². The van der Waals surface area contributed by atoms with Crippen LogP contribution in [0.5, 0.6) is 0 Å². The highest BCUT2D eigenvalue weighted by molar-refractivity contribution is 6.29. The van der Waals surface area contributed by atoms with Crippen molar-refractivity contribution >= 4 is 164 Å². The van der Waals surface area contributed by atoms with Crippen molar-refractivity contribution in [2.24, 2.45) is 0 Å². The minimum absolute atomic E-state index is 0.161. The molecule has 0 fully saturated rings. The number of hydrogen-bond donors (Lipinski definition) is 12. The van der Waals surface area contributed by atoms with E-state index in [0.29, 0.717) is 58.6 Å². The molecule has 0 bridgehead atoms. The average Bonchev–Trinajstić information content (AvgIpc) is 1.61. The van der Waals surface area contributed by atoms with E-state index in [9.17, 15) is 38.4 Å². The van der Waals surface area contributed by atoms with Crippen molar-refractivity contribution in [2.45, 2.75) is 89.9 Å². The van der Waals surface area contributed by atoms with Gasteiger partial charge in [-0.25, -0.2) is 58.3 Å². The molecule has 40 heteroatoms. The number of fused-ring (bicyclic) bond motifs is 8. The predicted molar refractivity (Wildman–Crippen MR) is 457 cm³/mol. The fraction of sp³-hybridized carbons (Fsp3) is 0.302. The highest BCUT2D eigenvalue weighted by Crippen LogP contribution is 2.42. The van der Waals surface area contributed by atoms with Gasteiger partial charge in [-0.15, -0.1) is 0 Å². The van der Waals surface area contributed by atoms with Crippen LogP contribution >= 0.6 is 0 Å². The number of nitrogens with one attached hydrogen (secondary N) is 4. The summed E-state index contributed by atoms with van der Waals surface area (Å²) >= 11 is 0. The standard InChI is InChI=1S/C78H86N16O8.4C2H2O4/c1-87(47-21-7-9-23-49-89(51-67(95)91-63-37-15-11-33-59(63)83-75(99)55-29-25-41-79-71(55)91)52-68(96)92-64-38-16-12-34-60(64)84-76(100)56-30-26-42-80-72(56)92)45-19-5-3-4-6-20-46-88(2)48-22-8-10-24-50-90(53-69(97)93-65-39-17-13-35-61(65)85-77(101)57-31-27-43-81-73(57)93)54-70(98)94-66-40-18-14-36-62(66)86-78(102)58-32-28-44-82-74(58)94;4*3-1(4)2(5)6/h11-18,25-44H,3-10,19-24,45-54H2,1-2H3,(H,83,99)(H,84,100)(H,85,101)(H,86,102);4*(H,3,4)(H,5,6). The first kappa shape index (κ1) is 96.3. The van der Waals surface area contributed by atoms with Gasteiger partial charge in [0, 0.05) is 24.8 Å². The van der Waals surface area contributed by atoms with Crippen LogP contribution in [0.1, 0.15) is 131 Å². The number of carboxylic acid groups (broad SMARTS) is 8. The molecule has 0 aliphatic carbocycles. The molecule has 0 saturated carbocycles. The molecule has 12 N–H and O–H groups in total. The zero-order valence-electron chi connectivity index (χ0n) is 68.6. The van der Waals surface area contributed by atoms with Gasteiger partial charge in [-0.05, 0) is 189 Å². The number of pyridine rings is 4. The monoisotopic (exact) mass is 1730 g/mol. The average molecular weight is 1740 g/mol. The third-order valence-electron chi connectivity index (χ3n) is 19.6. The minimum atomic E-state index is -1.82. The molecule has 126 heavy (non-hydrogen) atoms. The second kappa shape index (κ2) is 47.9. The van der Waals surface area contributed by atoms with E-state index in [-0.39, 0.29) is 119 Å². The number of amides is 8. The number of para-hydroxylation sites is 8. The Bertz CT molecular complexity index is 4660.